The largest absolute Gasteiger partial charge is 0.239 e. The van der Waals surface area contributed by atoms with Gasteiger partial charge < -0.3 is 0 Å². The Bertz CT molecular complexity index is 355. The summed E-state index contributed by atoms with van der Waals surface area (Å²) in [6, 6.07) is 2.05. The highest BCUT2D eigenvalue weighted by Gasteiger charge is 2.17. The number of rotatable bonds is 0. The van der Waals surface area contributed by atoms with Gasteiger partial charge in [0.05, 0.1) is 11.3 Å². The van der Waals surface area contributed by atoms with Crippen molar-refractivity contribution in [1.29, 1.82) is 5.26 Å². The predicted octanol–water partition coefficient (Wildman–Crippen LogP) is 1.95. The van der Waals surface area contributed by atoms with Crippen molar-refractivity contribution in [3.05, 3.63) is 23.3 Å². The zero-order valence-corrected chi connectivity index (χ0v) is 8.42. The minimum atomic E-state index is -0.0568. The van der Waals surface area contributed by atoms with Crippen molar-refractivity contribution >= 4 is 0 Å². The van der Waals surface area contributed by atoms with Gasteiger partial charge in [0.1, 0.15) is 11.9 Å². The van der Waals surface area contributed by atoms with Crippen molar-refractivity contribution in [2.45, 2.75) is 33.1 Å². The molecule has 0 fully saturated rings. The summed E-state index contributed by atoms with van der Waals surface area (Å²) >= 11 is 0. The van der Waals surface area contributed by atoms with Crippen molar-refractivity contribution in [2.24, 2.45) is 0 Å². The van der Waals surface area contributed by atoms with Crippen LogP contribution in [0.25, 0.3) is 0 Å². The van der Waals surface area contributed by atoms with E-state index in [2.05, 4.69) is 9.97 Å². The van der Waals surface area contributed by atoms with Crippen LogP contribution in [-0.4, -0.2) is 9.97 Å². The molecule has 0 aromatic carbocycles. The molecule has 3 heteroatoms. The summed E-state index contributed by atoms with van der Waals surface area (Å²) in [5.41, 5.74) is 1.24. The highest BCUT2D eigenvalue weighted by atomic mass is 14.9. The minimum Gasteiger partial charge on any atom is -0.239 e. The Morgan fingerprint density at radius 2 is 2.00 bits per heavy atom. The molecule has 13 heavy (non-hydrogen) atoms. The molecule has 68 valence electrons. The van der Waals surface area contributed by atoms with Crippen LogP contribution in [0.1, 0.15) is 37.9 Å². The normalized spacial score (nSPS) is 11.0. The quantitative estimate of drug-likeness (QED) is 0.605. The predicted molar refractivity (Wildman–Crippen MR) is 50.2 cm³/mol. The zero-order chi connectivity index (χ0) is 10.1. The molecule has 0 aliphatic heterocycles. The molecule has 1 heterocycles. The van der Waals surface area contributed by atoms with Crippen molar-refractivity contribution in [3.8, 4) is 6.07 Å². The minimum absolute atomic E-state index is 0.0568. The second kappa shape index (κ2) is 3.14. The second-order valence-corrected chi connectivity index (χ2v) is 4.05. The van der Waals surface area contributed by atoms with Gasteiger partial charge in [0.15, 0.2) is 0 Å². The smallest absolute Gasteiger partial charge is 0.133 e. The average Bonchev–Trinajstić information content (AvgIpc) is 2.02. The number of aryl methyl sites for hydroxylation is 1. The van der Waals surface area contributed by atoms with Gasteiger partial charge in [-0.15, -0.1) is 0 Å². The van der Waals surface area contributed by atoms with E-state index in [9.17, 15) is 0 Å². The summed E-state index contributed by atoms with van der Waals surface area (Å²) < 4.78 is 0. The molecular weight excluding hydrogens is 162 g/mol. The fourth-order valence-corrected chi connectivity index (χ4v) is 0.938. The number of aromatic nitrogens is 2. The average molecular weight is 175 g/mol. The van der Waals surface area contributed by atoms with Crippen LogP contribution in [0.4, 0.5) is 0 Å². The third-order valence-electron chi connectivity index (χ3n) is 1.77. The Morgan fingerprint density at radius 1 is 1.38 bits per heavy atom. The topological polar surface area (TPSA) is 49.6 Å². The molecule has 1 aromatic rings. The van der Waals surface area contributed by atoms with Crippen LogP contribution in [0, 0.1) is 18.3 Å². The first kappa shape index (κ1) is 9.66. The fourth-order valence-electron chi connectivity index (χ4n) is 0.938. The molecule has 0 spiro atoms. The lowest BCUT2D eigenvalue weighted by molar-refractivity contribution is 0.542. The summed E-state index contributed by atoms with van der Waals surface area (Å²) in [4.78, 5) is 8.43. The molecule has 0 radical (unpaired) electrons. The number of nitriles is 1. The lowest BCUT2D eigenvalue weighted by Gasteiger charge is -2.16. The van der Waals surface area contributed by atoms with E-state index in [-0.39, 0.29) is 5.41 Å². The molecule has 1 rings (SSSR count). The number of nitrogens with zero attached hydrogens (tertiary/aromatic N) is 3. The molecule has 3 nitrogen and oxygen atoms in total. The van der Waals surface area contributed by atoms with Gasteiger partial charge in [-0.1, -0.05) is 20.8 Å². The third-order valence-corrected chi connectivity index (χ3v) is 1.77. The third kappa shape index (κ3) is 2.03. The fraction of sp³-hybridized carbons (Fsp3) is 0.500. The van der Waals surface area contributed by atoms with Gasteiger partial charge in [-0.05, 0) is 6.92 Å². The van der Waals surface area contributed by atoms with Gasteiger partial charge in [-0.25, -0.2) is 9.97 Å². The van der Waals surface area contributed by atoms with Crippen LogP contribution in [0.2, 0.25) is 0 Å². The van der Waals surface area contributed by atoms with Crippen molar-refractivity contribution in [1.82, 2.24) is 9.97 Å². The van der Waals surface area contributed by atoms with Gasteiger partial charge in [0, 0.05) is 11.6 Å². The summed E-state index contributed by atoms with van der Waals surface area (Å²) in [6.45, 7) is 7.98. The highest BCUT2D eigenvalue weighted by molar-refractivity contribution is 5.30. The van der Waals surface area contributed by atoms with Crippen LogP contribution in [0.15, 0.2) is 6.20 Å². The van der Waals surface area contributed by atoms with E-state index in [1.807, 2.05) is 33.8 Å². The van der Waals surface area contributed by atoms with E-state index in [1.165, 1.54) is 0 Å². The molecule has 0 aliphatic rings. The molecule has 1 aromatic heterocycles. The summed E-state index contributed by atoms with van der Waals surface area (Å²) in [5.74, 6) is 0.781. The maximum Gasteiger partial charge on any atom is 0.133 e. The monoisotopic (exact) mass is 175 g/mol. The van der Waals surface area contributed by atoms with Gasteiger partial charge in [-0.2, -0.15) is 5.26 Å². The van der Waals surface area contributed by atoms with Crippen LogP contribution in [-0.2, 0) is 5.41 Å². The number of hydrogen-bond acceptors (Lipinski definition) is 3. The van der Waals surface area contributed by atoms with Gasteiger partial charge >= 0.3 is 0 Å². The lowest BCUT2D eigenvalue weighted by Crippen LogP contribution is -2.16. The van der Waals surface area contributed by atoms with Crippen LogP contribution in [0.5, 0.6) is 0 Å². The summed E-state index contributed by atoms with van der Waals surface area (Å²) in [7, 11) is 0. The first-order chi connectivity index (χ1) is 5.95. The highest BCUT2D eigenvalue weighted by Crippen LogP contribution is 2.18. The standard InChI is InChI=1S/C10H13N3/c1-7-8(5-11)6-12-9(13-7)10(2,3)4/h6H,1-4H3. The SMILES string of the molecule is Cc1nc(C(C)(C)C)ncc1C#N. The van der Waals surface area contributed by atoms with E-state index in [1.54, 1.807) is 6.20 Å². The molecule has 0 amide bonds. The van der Waals surface area contributed by atoms with Crippen LogP contribution < -0.4 is 0 Å². The molecule has 0 aliphatic carbocycles. The van der Waals surface area contributed by atoms with Crippen LogP contribution >= 0.6 is 0 Å². The summed E-state index contributed by atoms with van der Waals surface area (Å²) in [5, 5.41) is 8.68. The first-order valence-electron chi connectivity index (χ1n) is 4.19. The molecule has 0 N–H and O–H groups in total. The maximum absolute atomic E-state index is 8.68. The van der Waals surface area contributed by atoms with Gasteiger partial charge in [0.25, 0.3) is 0 Å². The Hall–Kier alpha value is -1.43. The Kier molecular flexibility index (Phi) is 2.33. The van der Waals surface area contributed by atoms with E-state index in [0.29, 0.717) is 5.56 Å². The molecule has 0 unspecified atom stereocenters. The van der Waals surface area contributed by atoms with Crippen LogP contribution in [0.3, 0.4) is 0 Å². The zero-order valence-electron chi connectivity index (χ0n) is 8.42. The molecular formula is C10H13N3. The van der Waals surface area contributed by atoms with E-state index in [0.717, 1.165) is 11.5 Å². The molecule has 0 saturated carbocycles. The first-order valence-corrected chi connectivity index (χ1v) is 4.19. The Morgan fingerprint density at radius 3 is 2.38 bits per heavy atom. The Balaban J connectivity index is 3.20. The van der Waals surface area contributed by atoms with Crippen molar-refractivity contribution in [2.75, 3.05) is 0 Å². The molecule has 0 bridgehead atoms. The molecule has 0 saturated heterocycles. The summed E-state index contributed by atoms with van der Waals surface area (Å²) in [6.07, 6.45) is 1.59. The Labute approximate surface area is 78.5 Å². The van der Waals surface area contributed by atoms with Crippen molar-refractivity contribution in [3.63, 3.8) is 0 Å². The van der Waals surface area contributed by atoms with E-state index in [4.69, 9.17) is 5.26 Å². The lowest BCUT2D eigenvalue weighted by atomic mass is 9.95. The number of hydrogen-bond donors (Lipinski definition) is 0. The second-order valence-electron chi connectivity index (χ2n) is 4.05. The molecule has 0 atom stereocenters. The van der Waals surface area contributed by atoms with Crippen molar-refractivity contribution < 1.29 is 0 Å². The van der Waals surface area contributed by atoms with E-state index < -0.39 is 0 Å². The maximum atomic E-state index is 8.68. The van der Waals surface area contributed by atoms with E-state index >= 15 is 0 Å². The van der Waals surface area contributed by atoms with Gasteiger partial charge in [0.2, 0.25) is 0 Å². The van der Waals surface area contributed by atoms with Gasteiger partial charge in [-0.3, -0.25) is 0 Å².